The van der Waals surface area contributed by atoms with E-state index < -0.39 is 46.9 Å². The summed E-state index contributed by atoms with van der Waals surface area (Å²) < 4.78 is 28.1. The third kappa shape index (κ3) is 3.88. The number of rotatable bonds is 4. The van der Waals surface area contributed by atoms with Gasteiger partial charge < -0.3 is 33.7 Å². The molecule has 1 fully saturated rings. The number of ether oxygens (including phenoxy) is 5. The van der Waals surface area contributed by atoms with Gasteiger partial charge in [0.05, 0.1) is 11.0 Å². The van der Waals surface area contributed by atoms with Gasteiger partial charge in [0.25, 0.3) is 0 Å². The summed E-state index contributed by atoms with van der Waals surface area (Å²) in [6, 6.07) is 3.38. The van der Waals surface area contributed by atoms with Crippen molar-refractivity contribution in [2.24, 2.45) is 0 Å². The highest BCUT2D eigenvalue weighted by Gasteiger charge is 2.72. The molecule has 0 aromatic heterocycles. The Balaban J connectivity index is 1.57. The van der Waals surface area contributed by atoms with E-state index in [1.807, 2.05) is 13.1 Å². The maximum atomic E-state index is 12.8. The van der Waals surface area contributed by atoms with Gasteiger partial charge in [-0.3, -0.25) is 4.79 Å². The first-order valence-corrected chi connectivity index (χ1v) is 12.5. The van der Waals surface area contributed by atoms with Crippen LogP contribution in [0.3, 0.4) is 0 Å². The number of nitrogens with zero attached hydrogens (tertiary/aromatic N) is 1. The van der Waals surface area contributed by atoms with Gasteiger partial charge in [-0.25, -0.2) is 9.59 Å². The Kier molecular flexibility index (Phi) is 5.84. The second kappa shape index (κ2) is 8.46. The number of piperidine rings is 1. The number of hydrogen-bond donors (Lipinski definition) is 1. The van der Waals surface area contributed by atoms with Gasteiger partial charge in [-0.05, 0) is 71.8 Å². The molecule has 5 atom stereocenters. The van der Waals surface area contributed by atoms with Crippen LogP contribution in [0.15, 0.2) is 24.0 Å². The van der Waals surface area contributed by atoms with E-state index in [-0.39, 0.29) is 24.0 Å². The molecule has 1 saturated heterocycles. The molecule has 10 heteroatoms. The van der Waals surface area contributed by atoms with Gasteiger partial charge in [-0.2, -0.15) is 0 Å². The highest BCUT2D eigenvalue weighted by Crippen LogP contribution is 2.65. The smallest absolute Gasteiger partial charge is 0.477 e. The molecule has 5 rings (SSSR count). The number of carbonyl (C=O) groups is 3. The monoisotopic (exact) mass is 515 g/mol. The molecule has 2 bridgehead atoms. The van der Waals surface area contributed by atoms with Gasteiger partial charge in [0.15, 0.2) is 23.7 Å². The zero-order valence-electron chi connectivity index (χ0n) is 22.0. The van der Waals surface area contributed by atoms with E-state index in [1.54, 1.807) is 32.9 Å². The van der Waals surface area contributed by atoms with E-state index in [2.05, 4.69) is 4.90 Å². The average molecular weight is 516 g/mol. The third-order valence-corrected chi connectivity index (χ3v) is 7.81. The predicted octanol–water partition coefficient (Wildman–Crippen LogP) is 2.77. The van der Waals surface area contributed by atoms with Crippen molar-refractivity contribution < 1.29 is 43.2 Å². The zero-order valence-corrected chi connectivity index (χ0v) is 22.0. The van der Waals surface area contributed by atoms with Crippen molar-refractivity contribution in [3.8, 4) is 11.5 Å². The second-order valence-corrected chi connectivity index (χ2v) is 11.3. The van der Waals surface area contributed by atoms with Crippen LogP contribution in [0.5, 0.6) is 11.5 Å². The Morgan fingerprint density at radius 3 is 2.62 bits per heavy atom. The zero-order chi connectivity index (χ0) is 26.9. The summed E-state index contributed by atoms with van der Waals surface area (Å²) in [7, 11) is 1.99. The molecule has 5 unspecified atom stereocenters. The lowest BCUT2D eigenvalue weighted by molar-refractivity contribution is -0.175. The van der Waals surface area contributed by atoms with Crippen LogP contribution in [0.2, 0.25) is 0 Å². The Bertz CT molecular complexity index is 1200. The maximum absolute atomic E-state index is 12.8. The quantitative estimate of drug-likeness (QED) is 0.364. The Labute approximate surface area is 215 Å². The van der Waals surface area contributed by atoms with E-state index in [1.165, 1.54) is 13.8 Å². The number of carbonyl (C=O) groups excluding carboxylic acids is 3. The number of hydrogen-bond acceptors (Lipinski definition) is 10. The number of likely N-dealkylation sites (tertiary alicyclic amines) is 1. The molecular weight excluding hydrogens is 482 g/mol. The van der Waals surface area contributed by atoms with Crippen molar-refractivity contribution in [1.29, 1.82) is 0 Å². The van der Waals surface area contributed by atoms with Gasteiger partial charge >= 0.3 is 18.1 Å². The first kappa shape index (κ1) is 25.5. The molecule has 200 valence electrons. The Morgan fingerprint density at radius 2 is 1.95 bits per heavy atom. The summed E-state index contributed by atoms with van der Waals surface area (Å²) >= 11 is 0. The molecule has 0 radical (unpaired) electrons. The normalized spacial score (nSPS) is 30.3. The van der Waals surface area contributed by atoms with Gasteiger partial charge in [0, 0.05) is 24.9 Å². The molecule has 0 amide bonds. The number of aliphatic hydroxyl groups is 1. The summed E-state index contributed by atoms with van der Waals surface area (Å²) in [4.78, 5) is 38.8. The van der Waals surface area contributed by atoms with E-state index in [0.29, 0.717) is 25.1 Å². The van der Waals surface area contributed by atoms with E-state index in [4.69, 9.17) is 23.7 Å². The minimum Gasteiger partial charge on any atom is -0.477 e. The summed E-state index contributed by atoms with van der Waals surface area (Å²) in [5.74, 6) is -0.585. The van der Waals surface area contributed by atoms with Crippen LogP contribution < -0.4 is 9.47 Å². The molecule has 2 heterocycles. The van der Waals surface area contributed by atoms with Crippen LogP contribution in [0.25, 0.3) is 0 Å². The van der Waals surface area contributed by atoms with E-state index >= 15 is 0 Å². The lowest BCUT2D eigenvalue weighted by Gasteiger charge is -2.61. The van der Waals surface area contributed by atoms with Gasteiger partial charge in [-0.15, -0.1) is 0 Å². The second-order valence-electron chi connectivity index (χ2n) is 11.3. The summed E-state index contributed by atoms with van der Waals surface area (Å²) in [6.45, 7) is 8.56. The molecule has 2 aliphatic heterocycles. The SMILES string of the molecule is CC(=O)OC(C)C(=O)OC1=CCC2(O)C3Cc4ccc(OC(=O)OC(C)(C)C)c5c4C2(CCN3C)C1O5. The summed E-state index contributed by atoms with van der Waals surface area (Å²) in [5, 5.41) is 12.3. The lowest BCUT2D eigenvalue weighted by atomic mass is 9.50. The summed E-state index contributed by atoms with van der Waals surface area (Å²) in [5.41, 5.74) is -1.11. The van der Waals surface area contributed by atoms with Crippen LogP contribution in [-0.4, -0.2) is 71.1 Å². The van der Waals surface area contributed by atoms with Gasteiger partial charge in [0.1, 0.15) is 11.4 Å². The number of likely N-dealkylation sites (N-methyl/N-ethyl adjacent to an activating group) is 1. The Hall–Kier alpha value is -3.11. The van der Waals surface area contributed by atoms with Crippen LogP contribution in [0.1, 0.15) is 58.6 Å². The topological polar surface area (TPSA) is 121 Å². The maximum Gasteiger partial charge on any atom is 0.514 e. The van der Waals surface area contributed by atoms with Crippen LogP contribution in [0, 0.1) is 0 Å². The first-order chi connectivity index (χ1) is 17.3. The van der Waals surface area contributed by atoms with Crippen molar-refractivity contribution >= 4 is 18.1 Å². The number of benzene rings is 1. The van der Waals surface area contributed by atoms with E-state index in [9.17, 15) is 19.5 Å². The molecular formula is C27H33NO9. The van der Waals surface area contributed by atoms with Gasteiger partial charge in [0.2, 0.25) is 0 Å². The standard InChI is InChI=1S/C27H33NO9/c1-14(33-15(2)29)23(30)34-18-9-10-27(32)19-13-16-7-8-17(35-24(31)37-25(3,4)5)21-20(16)26(27,22(18)36-21)11-12-28(19)6/h7-9,14,19,22,32H,10-13H2,1-6H3. The fourth-order valence-electron chi connectivity index (χ4n) is 6.36. The molecule has 1 spiro atoms. The fraction of sp³-hybridized carbons (Fsp3) is 0.593. The first-order valence-electron chi connectivity index (χ1n) is 12.5. The molecule has 10 nitrogen and oxygen atoms in total. The van der Waals surface area contributed by atoms with Crippen LogP contribution >= 0.6 is 0 Å². The van der Waals surface area contributed by atoms with Crippen LogP contribution in [0.4, 0.5) is 4.79 Å². The minimum atomic E-state index is -1.20. The highest BCUT2D eigenvalue weighted by molar-refractivity contribution is 5.79. The van der Waals surface area contributed by atoms with Crippen molar-refractivity contribution in [1.82, 2.24) is 4.90 Å². The van der Waals surface area contributed by atoms with Gasteiger partial charge in [-0.1, -0.05) is 6.07 Å². The van der Waals surface area contributed by atoms with E-state index in [0.717, 1.165) is 11.1 Å². The molecule has 4 aliphatic rings. The molecule has 1 aromatic carbocycles. The molecule has 1 N–H and O–H groups in total. The third-order valence-electron chi connectivity index (χ3n) is 7.81. The van der Waals surface area contributed by atoms with Crippen molar-refractivity contribution in [2.45, 2.75) is 88.7 Å². The lowest BCUT2D eigenvalue weighted by Crippen LogP contribution is -2.74. The van der Waals surface area contributed by atoms with Crippen molar-refractivity contribution in [3.05, 3.63) is 35.1 Å². The number of esters is 2. The fourth-order valence-corrected chi connectivity index (χ4v) is 6.36. The largest absolute Gasteiger partial charge is 0.514 e. The highest BCUT2D eigenvalue weighted by atomic mass is 16.7. The molecule has 2 aliphatic carbocycles. The summed E-state index contributed by atoms with van der Waals surface area (Å²) in [6.07, 6.45) is 0.218. The Morgan fingerprint density at radius 1 is 1.22 bits per heavy atom. The predicted molar refractivity (Wildman–Crippen MR) is 129 cm³/mol. The minimum absolute atomic E-state index is 0.176. The molecule has 1 aromatic rings. The van der Waals surface area contributed by atoms with Crippen LogP contribution in [-0.2, 0) is 35.6 Å². The average Bonchev–Trinajstić information content (AvgIpc) is 3.13. The molecule has 37 heavy (non-hydrogen) atoms. The molecule has 0 saturated carbocycles. The van der Waals surface area contributed by atoms with Crippen molar-refractivity contribution in [2.75, 3.05) is 13.6 Å². The van der Waals surface area contributed by atoms with Crippen molar-refractivity contribution in [3.63, 3.8) is 0 Å².